The lowest BCUT2D eigenvalue weighted by Crippen LogP contribution is -2.13. The summed E-state index contributed by atoms with van der Waals surface area (Å²) in [5, 5.41) is 7.46. The molecule has 3 aromatic rings. The number of aromatic nitrogens is 4. The van der Waals surface area contributed by atoms with E-state index in [0.717, 1.165) is 41.8 Å². The van der Waals surface area contributed by atoms with E-state index in [1.54, 1.807) is 12.4 Å². The fourth-order valence-corrected chi connectivity index (χ4v) is 3.22. The van der Waals surface area contributed by atoms with Crippen molar-refractivity contribution in [3.8, 4) is 11.3 Å². The van der Waals surface area contributed by atoms with Crippen LogP contribution in [-0.4, -0.2) is 25.7 Å². The van der Waals surface area contributed by atoms with Gasteiger partial charge in [-0.15, -0.1) is 0 Å². The van der Waals surface area contributed by atoms with Gasteiger partial charge >= 0.3 is 0 Å². The Labute approximate surface area is 139 Å². The number of anilines is 1. The van der Waals surface area contributed by atoms with Crippen molar-refractivity contribution >= 4 is 11.7 Å². The molecule has 3 aromatic heterocycles. The van der Waals surface area contributed by atoms with Gasteiger partial charge in [-0.05, 0) is 43.4 Å². The van der Waals surface area contributed by atoms with Gasteiger partial charge < -0.3 is 10.3 Å². The first-order chi connectivity index (χ1) is 11.6. The molecule has 3 heterocycles. The number of nitrogens with one attached hydrogen (secondary N) is 2. The molecule has 6 nitrogen and oxygen atoms in total. The van der Waals surface area contributed by atoms with Crippen molar-refractivity contribution in [2.75, 3.05) is 5.32 Å². The summed E-state index contributed by atoms with van der Waals surface area (Å²) in [6.07, 6.45) is 8.51. The van der Waals surface area contributed by atoms with Crippen LogP contribution >= 0.6 is 0 Å². The molecule has 24 heavy (non-hydrogen) atoms. The third-order valence-corrected chi connectivity index (χ3v) is 4.37. The predicted octanol–water partition coefficient (Wildman–Crippen LogP) is 2.86. The van der Waals surface area contributed by atoms with Gasteiger partial charge in [0, 0.05) is 36.9 Å². The highest BCUT2D eigenvalue weighted by molar-refractivity contribution is 6.08. The molecule has 0 saturated carbocycles. The van der Waals surface area contributed by atoms with Crippen molar-refractivity contribution in [1.82, 2.24) is 19.7 Å². The molecular formula is C18H19N5O. The summed E-state index contributed by atoms with van der Waals surface area (Å²) in [5.41, 5.74) is 5.78. The number of nitrogens with zero attached hydrogens (tertiary/aromatic N) is 3. The SMILES string of the molecule is Cc1ccc(NC(=O)c2c[nH]c3c2-c2nn(C)cc2CCC3)nc1. The van der Waals surface area contributed by atoms with Crippen molar-refractivity contribution in [1.29, 1.82) is 0 Å². The predicted molar refractivity (Wildman–Crippen MR) is 91.9 cm³/mol. The molecule has 0 spiro atoms. The largest absolute Gasteiger partial charge is 0.364 e. The second-order valence-electron chi connectivity index (χ2n) is 6.26. The lowest BCUT2D eigenvalue weighted by molar-refractivity contribution is 0.102. The van der Waals surface area contributed by atoms with Gasteiger partial charge in [0.25, 0.3) is 5.91 Å². The monoisotopic (exact) mass is 321 g/mol. The number of fused-ring (bicyclic) bond motifs is 3. The summed E-state index contributed by atoms with van der Waals surface area (Å²) in [6.45, 7) is 1.97. The fraction of sp³-hybridized carbons (Fsp3) is 0.278. The maximum absolute atomic E-state index is 12.8. The van der Waals surface area contributed by atoms with Gasteiger partial charge in [0.05, 0.1) is 11.3 Å². The van der Waals surface area contributed by atoms with Gasteiger partial charge in [-0.2, -0.15) is 5.10 Å². The van der Waals surface area contributed by atoms with Crippen molar-refractivity contribution in [3.05, 3.63) is 53.1 Å². The number of carbonyl (C=O) groups is 1. The highest BCUT2D eigenvalue weighted by atomic mass is 16.1. The van der Waals surface area contributed by atoms with Crippen LogP contribution in [0.5, 0.6) is 0 Å². The van der Waals surface area contributed by atoms with E-state index < -0.39 is 0 Å². The van der Waals surface area contributed by atoms with Crippen molar-refractivity contribution < 1.29 is 4.79 Å². The van der Waals surface area contributed by atoms with E-state index in [-0.39, 0.29) is 5.91 Å². The van der Waals surface area contributed by atoms with Crippen LogP contribution in [-0.2, 0) is 19.9 Å². The van der Waals surface area contributed by atoms with Gasteiger partial charge in [0.2, 0.25) is 0 Å². The number of pyridine rings is 1. The van der Waals surface area contributed by atoms with Crippen LogP contribution in [0.3, 0.4) is 0 Å². The normalized spacial score (nSPS) is 13.1. The van der Waals surface area contributed by atoms with E-state index in [2.05, 4.69) is 20.4 Å². The smallest absolute Gasteiger partial charge is 0.259 e. The molecule has 1 amide bonds. The molecular weight excluding hydrogens is 302 g/mol. The number of hydrogen-bond donors (Lipinski definition) is 2. The van der Waals surface area contributed by atoms with Crippen molar-refractivity contribution in [3.63, 3.8) is 0 Å². The highest BCUT2D eigenvalue weighted by Gasteiger charge is 2.25. The Balaban J connectivity index is 1.72. The lowest BCUT2D eigenvalue weighted by atomic mass is 10.0. The van der Waals surface area contributed by atoms with E-state index in [1.165, 1.54) is 5.56 Å². The Morgan fingerprint density at radius 2 is 2.21 bits per heavy atom. The van der Waals surface area contributed by atoms with Crippen LogP contribution in [0.25, 0.3) is 11.3 Å². The molecule has 0 radical (unpaired) electrons. The van der Waals surface area contributed by atoms with E-state index in [1.807, 2.05) is 37.0 Å². The Kier molecular flexibility index (Phi) is 3.45. The zero-order valence-corrected chi connectivity index (χ0v) is 13.8. The topological polar surface area (TPSA) is 75.6 Å². The molecule has 1 aliphatic rings. The maximum atomic E-state index is 12.8. The molecule has 0 aromatic carbocycles. The number of carbonyl (C=O) groups excluding carboxylic acids is 1. The minimum absolute atomic E-state index is 0.164. The Morgan fingerprint density at radius 3 is 3.00 bits per heavy atom. The molecule has 0 aliphatic heterocycles. The van der Waals surface area contributed by atoms with Gasteiger partial charge in [-0.25, -0.2) is 4.98 Å². The van der Waals surface area contributed by atoms with Crippen molar-refractivity contribution in [2.24, 2.45) is 7.05 Å². The van der Waals surface area contributed by atoms with Gasteiger partial charge in [-0.3, -0.25) is 9.48 Å². The van der Waals surface area contributed by atoms with E-state index >= 15 is 0 Å². The Bertz CT molecular complexity index is 904. The standard InChI is InChI=1S/C18H19N5O/c1-11-6-7-15(20-8-11)21-18(24)13-9-19-14-5-3-4-12-10-23(2)22-17(12)16(13)14/h6-10,19H,3-5H2,1-2H3,(H,20,21,24). The average Bonchev–Trinajstić information content (AvgIpc) is 3.09. The number of amides is 1. The molecule has 1 aliphatic carbocycles. The summed E-state index contributed by atoms with van der Waals surface area (Å²) in [5.74, 6) is 0.387. The summed E-state index contributed by atoms with van der Waals surface area (Å²) < 4.78 is 1.82. The maximum Gasteiger partial charge on any atom is 0.259 e. The molecule has 0 atom stereocenters. The molecule has 0 unspecified atom stereocenters. The zero-order valence-electron chi connectivity index (χ0n) is 13.8. The Hall–Kier alpha value is -2.89. The third-order valence-electron chi connectivity index (χ3n) is 4.37. The molecule has 122 valence electrons. The Morgan fingerprint density at radius 1 is 1.33 bits per heavy atom. The fourth-order valence-electron chi connectivity index (χ4n) is 3.22. The summed E-state index contributed by atoms with van der Waals surface area (Å²) >= 11 is 0. The average molecular weight is 321 g/mol. The lowest BCUT2D eigenvalue weighted by Gasteiger charge is -2.06. The van der Waals surface area contributed by atoms with Crippen LogP contribution in [0.4, 0.5) is 5.82 Å². The van der Waals surface area contributed by atoms with Crippen LogP contribution < -0.4 is 5.32 Å². The minimum Gasteiger partial charge on any atom is -0.364 e. The minimum atomic E-state index is -0.164. The summed E-state index contributed by atoms with van der Waals surface area (Å²) in [6, 6.07) is 3.74. The molecule has 6 heteroatoms. The van der Waals surface area contributed by atoms with E-state index in [4.69, 9.17) is 0 Å². The van der Waals surface area contributed by atoms with Crippen LogP contribution in [0.1, 0.15) is 33.6 Å². The summed E-state index contributed by atoms with van der Waals surface area (Å²) in [7, 11) is 1.91. The number of hydrogen-bond acceptors (Lipinski definition) is 3. The first kappa shape index (κ1) is 14.7. The number of aryl methyl sites for hydroxylation is 4. The number of rotatable bonds is 2. The third kappa shape index (κ3) is 2.50. The number of aromatic amines is 1. The molecule has 4 rings (SSSR count). The van der Waals surface area contributed by atoms with Crippen molar-refractivity contribution in [2.45, 2.75) is 26.2 Å². The molecule has 2 N–H and O–H groups in total. The van der Waals surface area contributed by atoms with Crippen LogP contribution in [0.2, 0.25) is 0 Å². The van der Waals surface area contributed by atoms with Gasteiger partial charge in [-0.1, -0.05) is 6.07 Å². The molecule has 0 bridgehead atoms. The summed E-state index contributed by atoms with van der Waals surface area (Å²) in [4.78, 5) is 20.3. The van der Waals surface area contributed by atoms with Crippen LogP contribution in [0, 0.1) is 6.92 Å². The first-order valence-electron chi connectivity index (χ1n) is 8.09. The second kappa shape index (κ2) is 5.63. The zero-order chi connectivity index (χ0) is 16.7. The second-order valence-corrected chi connectivity index (χ2v) is 6.26. The highest BCUT2D eigenvalue weighted by Crippen LogP contribution is 2.34. The first-order valence-corrected chi connectivity index (χ1v) is 8.09. The van der Waals surface area contributed by atoms with Gasteiger partial charge in [0.15, 0.2) is 0 Å². The number of H-pyrrole nitrogens is 1. The van der Waals surface area contributed by atoms with Crippen LogP contribution in [0.15, 0.2) is 30.7 Å². The van der Waals surface area contributed by atoms with E-state index in [9.17, 15) is 4.79 Å². The molecule has 0 fully saturated rings. The quantitative estimate of drug-likeness (QED) is 0.762. The van der Waals surface area contributed by atoms with E-state index in [0.29, 0.717) is 11.4 Å². The van der Waals surface area contributed by atoms with Gasteiger partial charge in [0.1, 0.15) is 5.82 Å². The molecule has 0 saturated heterocycles.